The van der Waals surface area contributed by atoms with Crippen molar-refractivity contribution in [2.24, 2.45) is 17.8 Å². The first-order chi connectivity index (χ1) is 16.3. The van der Waals surface area contributed by atoms with Crippen molar-refractivity contribution in [3.63, 3.8) is 0 Å². The maximum atomic E-state index is 12.9. The smallest absolute Gasteiger partial charge is 0.241 e. The van der Waals surface area contributed by atoms with Gasteiger partial charge in [0.2, 0.25) is 15.9 Å². The van der Waals surface area contributed by atoms with Gasteiger partial charge in [0, 0.05) is 0 Å². The van der Waals surface area contributed by atoms with Gasteiger partial charge in [-0.25, -0.2) is 8.42 Å². The largest absolute Gasteiger partial charge is 0.348 e. The fourth-order valence-electron chi connectivity index (χ4n) is 7.32. The molecule has 6 heteroatoms. The molecule has 4 aliphatic rings. The number of benzene rings is 2. The standard InChI is InChI=1S/C28H36N2O3S/c1-3-26(23-7-5-4-6-8-23)29-27(31)19-30(34(2,32)33)25-11-9-24(10-12-25)28-16-20-13-21(17-28)15-22(14-20)18-28/h4-12,20-22,26H,3,13-19H2,1-2H3,(H,29,31)/t20?,21?,22?,26-,28?/m1/s1. The normalized spacial score (nSPS) is 28.5. The maximum absolute atomic E-state index is 12.9. The molecule has 5 nitrogen and oxygen atoms in total. The number of hydrogen-bond donors (Lipinski definition) is 1. The Hall–Kier alpha value is -2.34. The Morgan fingerprint density at radius 2 is 1.53 bits per heavy atom. The molecule has 34 heavy (non-hydrogen) atoms. The maximum Gasteiger partial charge on any atom is 0.241 e. The van der Waals surface area contributed by atoms with Gasteiger partial charge in [0.05, 0.1) is 18.0 Å². The molecule has 4 saturated carbocycles. The van der Waals surface area contributed by atoms with Crippen molar-refractivity contribution in [2.75, 3.05) is 17.1 Å². The number of nitrogens with zero attached hydrogens (tertiary/aromatic N) is 1. The van der Waals surface area contributed by atoms with Crippen LogP contribution in [0.3, 0.4) is 0 Å². The highest BCUT2D eigenvalue weighted by molar-refractivity contribution is 7.92. The highest BCUT2D eigenvalue weighted by atomic mass is 32.2. The van der Waals surface area contributed by atoms with E-state index in [0.717, 1.165) is 29.7 Å². The van der Waals surface area contributed by atoms with Crippen LogP contribution in [0.1, 0.15) is 69.0 Å². The molecule has 182 valence electrons. The van der Waals surface area contributed by atoms with Gasteiger partial charge in [-0.1, -0.05) is 49.4 Å². The van der Waals surface area contributed by atoms with E-state index in [4.69, 9.17) is 0 Å². The Morgan fingerprint density at radius 3 is 2.03 bits per heavy atom. The van der Waals surface area contributed by atoms with E-state index in [-0.39, 0.29) is 23.9 Å². The third-order valence-corrected chi connectivity index (χ3v) is 9.58. The topological polar surface area (TPSA) is 66.5 Å². The molecule has 4 fully saturated rings. The number of carbonyl (C=O) groups excluding carboxylic acids is 1. The third kappa shape index (κ3) is 4.61. The Kier molecular flexibility index (Phi) is 6.21. The number of rotatable bonds is 8. The van der Waals surface area contributed by atoms with Gasteiger partial charge in [0.1, 0.15) is 6.54 Å². The number of nitrogens with one attached hydrogen (secondary N) is 1. The van der Waals surface area contributed by atoms with Crippen LogP contribution >= 0.6 is 0 Å². The number of amides is 1. The lowest BCUT2D eigenvalue weighted by Crippen LogP contribution is -2.48. The zero-order valence-electron chi connectivity index (χ0n) is 20.2. The van der Waals surface area contributed by atoms with Crippen LogP contribution in [0.25, 0.3) is 0 Å². The second-order valence-corrected chi connectivity index (χ2v) is 12.9. The Morgan fingerprint density at radius 1 is 0.971 bits per heavy atom. The van der Waals surface area contributed by atoms with E-state index in [1.165, 1.54) is 54.6 Å². The third-order valence-electron chi connectivity index (χ3n) is 8.44. The van der Waals surface area contributed by atoms with E-state index < -0.39 is 10.0 Å². The zero-order valence-corrected chi connectivity index (χ0v) is 21.1. The second-order valence-electron chi connectivity index (χ2n) is 11.0. The van der Waals surface area contributed by atoms with Crippen molar-refractivity contribution >= 4 is 21.6 Å². The summed E-state index contributed by atoms with van der Waals surface area (Å²) in [6.45, 7) is 1.79. The average Bonchev–Trinajstić information content (AvgIpc) is 2.80. The van der Waals surface area contributed by atoms with E-state index in [0.29, 0.717) is 5.69 Å². The highest BCUT2D eigenvalue weighted by Crippen LogP contribution is 2.60. The minimum absolute atomic E-state index is 0.145. The van der Waals surface area contributed by atoms with Crippen LogP contribution < -0.4 is 9.62 Å². The predicted molar refractivity (Wildman–Crippen MR) is 136 cm³/mol. The Bertz CT molecular complexity index is 1090. The molecule has 1 N–H and O–H groups in total. The van der Waals surface area contributed by atoms with Crippen LogP contribution in [0.2, 0.25) is 0 Å². The second kappa shape index (κ2) is 9.03. The van der Waals surface area contributed by atoms with Gasteiger partial charge in [-0.2, -0.15) is 0 Å². The van der Waals surface area contributed by atoms with Crippen LogP contribution in [0.5, 0.6) is 0 Å². The van der Waals surface area contributed by atoms with E-state index in [1.54, 1.807) is 0 Å². The minimum atomic E-state index is -3.61. The molecule has 6 rings (SSSR count). The predicted octanol–water partition coefficient (Wildman–Crippen LogP) is 5.19. The number of anilines is 1. The van der Waals surface area contributed by atoms with E-state index in [9.17, 15) is 13.2 Å². The Balaban J connectivity index is 1.32. The van der Waals surface area contributed by atoms with Crippen molar-refractivity contribution in [3.8, 4) is 0 Å². The first kappa shape index (κ1) is 23.4. The van der Waals surface area contributed by atoms with Crippen molar-refractivity contribution in [1.29, 1.82) is 0 Å². The molecule has 0 aromatic heterocycles. The quantitative estimate of drug-likeness (QED) is 0.566. The molecule has 0 aliphatic heterocycles. The summed E-state index contributed by atoms with van der Waals surface area (Å²) < 4.78 is 26.5. The first-order valence-corrected chi connectivity index (χ1v) is 14.5. The summed E-state index contributed by atoms with van der Waals surface area (Å²) in [5, 5.41) is 3.01. The molecule has 0 unspecified atom stereocenters. The molecular weight excluding hydrogens is 444 g/mol. The van der Waals surface area contributed by atoms with Crippen molar-refractivity contribution in [3.05, 3.63) is 65.7 Å². The lowest BCUT2D eigenvalue weighted by Gasteiger charge is -2.57. The molecule has 0 heterocycles. The van der Waals surface area contributed by atoms with Crippen LogP contribution in [0.4, 0.5) is 5.69 Å². The van der Waals surface area contributed by atoms with Gasteiger partial charge >= 0.3 is 0 Å². The molecule has 0 radical (unpaired) electrons. The van der Waals surface area contributed by atoms with Crippen LogP contribution in [-0.2, 0) is 20.2 Å². The van der Waals surface area contributed by atoms with Crippen molar-refractivity contribution in [1.82, 2.24) is 5.32 Å². The summed E-state index contributed by atoms with van der Waals surface area (Å²) in [6.07, 6.45) is 9.91. The monoisotopic (exact) mass is 480 g/mol. The van der Waals surface area contributed by atoms with Gasteiger partial charge in [-0.05, 0) is 91.4 Å². The fourth-order valence-corrected chi connectivity index (χ4v) is 8.18. The average molecular weight is 481 g/mol. The molecule has 1 amide bonds. The first-order valence-electron chi connectivity index (χ1n) is 12.7. The summed E-state index contributed by atoms with van der Waals surface area (Å²) in [5.41, 5.74) is 3.19. The molecule has 1 atom stereocenters. The molecular formula is C28H36N2O3S. The summed E-state index contributed by atoms with van der Waals surface area (Å²) >= 11 is 0. The van der Waals surface area contributed by atoms with Gasteiger partial charge < -0.3 is 5.32 Å². The van der Waals surface area contributed by atoms with Crippen molar-refractivity contribution in [2.45, 2.75) is 63.3 Å². The van der Waals surface area contributed by atoms with E-state index in [2.05, 4.69) is 17.4 Å². The number of carbonyl (C=O) groups is 1. The van der Waals surface area contributed by atoms with E-state index in [1.807, 2.05) is 49.4 Å². The molecule has 0 spiro atoms. The SMILES string of the molecule is CC[C@@H](NC(=O)CN(c1ccc(C23CC4CC(CC(C4)C2)C3)cc1)S(C)(=O)=O)c1ccccc1. The molecule has 4 bridgehead atoms. The lowest BCUT2D eigenvalue weighted by atomic mass is 9.48. The van der Waals surface area contributed by atoms with Gasteiger partial charge in [0.15, 0.2) is 0 Å². The summed E-state index contributed by atoms with van der Waals surface area (Å²) in [5.74, 6) is 2.28. The molecule has 0 saturated heterocycles. The van der Waals surface area contributed by atoms with Crippen LogP contribution in [0.15, 0.2) is 54.6 Å². The fraction of sp³-hybridized carbons (Fsp3) is 0.536. The van der Waals surface area contributed by atoms with Crippen LogP contribution in [0, 0.1) is 17.8 Å². The lowest BCUT2D eigenvalue weighted by molar-refractivity contribution is -0.120. The van der Waals surface area contributed by atoms with Gasteiger partial charge in [0.25, 0.3) is 0 Å². The summed E-state index contributed by atoms with van der Waals surface area (Å²) in [6, 6.07) is 17.7. The van der Waals surface area contributed by atoms with Gasteiger partial charge in [-0.15, -0.1) is 0 Å². The number of hydrogen-bond acceptors (Lipinski definition) is 3. The molecule has 4 aliphatic carbocycles. The highest BCUT2D eigenvalue weighted by Gasteiger charge is 2.51. The molecule has 2 aromatic rings. The summed E-state index contributed by atoms with van der Waals surface area (Å²) in [7, 11) is -3.61. The Labute approximate surface area is 204 Å². The summed E-state index contributed by atoms with van der Waals surface area (Å²) in [4.78, 5) is 12.9. The van der Waals surface area contributed by atoms with Crippen molar-refractivity contribution < 1.29 is 13.2 Å². The zero-order chi connectivity index (χ0) is 23.9. The van der Waals surface area contributed by atoms with E-state index >= 15 is 0 Å². The number of sulfonamides is 1. The van der Waals surface area contributed by atoms with Crippen LogP contribution in [-0.4, -0.2) is 27.1 Å². The molecule has 2 aromatic carbocycles. The van der Waals surface area contributed by atoms with Gasteiger partial charge in [-0.3, -0.25) is 9.10 Å². The minimum Gasteiger partial charge on any atom is -0.348 e.